The van der Waals surface area contributed by atoms with Gasteiger partial charge in [0.25, 0.3) is 5.56 Å². The summed E-state index contributed by atoms with van der Waals surface area (Å²) in [6.45, 7) is 1.73. The van der Waals surface area contributed by atoms with Crippen molar-refractivity contribution in [2.45, 2.75) is 13.3 Å². The van der Waals surface area contributed by atoms with Gasteiger partial charge in [0.15, 0.2) is 5.82 Å². The largest absolute Gasteiger partial charge is 0.477 e. The minimum Gasteiger partial charge on any atom is -0.477 e. The van der Waals surface area contributed by atoms with Crippen LogP contribution in [-0.2, 0) is 6.42 Å². The fourth-order valence-electron chi connectivity index (χ4n) is 2.85. The van der Waals surface area contributed by atoms with E-state index in [0.717, 1.165) is 0 Å². The van der Waals surface area contributed by atoms with E-state index in [9.17, 15) is 14.7 Å². The number of aromatic nitrogens is 6. The lowest BCUT2D eigenvalue weighted by Gasteiger charge is -2.05. The highest BCUT2D eigenvalue weighted by molar-refractivity contribution is 5.89. The van der Waals surface area contributed by atoms with Crippen molar-refractivity contribution in [1.29, 1.82) is 0 Å². The van der Waals surface area contributed by atoms with E-state index in [-0.39, 0.29) is 11.3 Å². The van der Waals surface area contributed by atoms with Crippen LogP contribution >= 0.6 is 0 Å². The van der Waals surface area contributed by atoms with Crippen LogP contribution in [0.1, 0.15) is 23.0 Å². The maximum Gasteiger partial charge on any atom is 0.352 e. The lowest BCUT2D eigenvalue weighted by molar-refractivity contribution is 0.0689. The van der Waals surface area contributed by atoms with Gasteiger partial charge in [-0.1, -0.05) is 13.0 Å². The lowest BCUT2D eigenvalue weighted by atomic mass is 10.1. The van der Waals surface area contributed by atoms with Crippen LogP contribution in [0.15, 0.2) is 47.8 Å². The molecule has 0 fully saturated rings. The van der Waals surface area contributed by atoms with Crippen LogP contribution in [0.25, 0.3) is 22.6 Å². The summed E-state index contributed by atoms with van der Waals surface area (Å²) in [5.41, 5.74) is 1.19. The third-order valence-corrected chi connectivity index (χ3v) is 4.11. The van der Waals surface area contributed by atoms with Gasteiger partial charge in [-0.3, -0.25) is 4.79 Å². The SMILES string of the molecule is CCc1c(C(=O)O)[nH]c2c(-c3cnn(-c4ccccn4)c3)cnn2c1=O. The Labute approximate surface area is 146 Å². The molecular weight excluding hydrogens is 336 g/mol. The summed E-state index contributed by atoms with van der Waals surface area (Å²) in [6.07, 6.45) is 6.82. The molecule has 130 valence electrons. The van der Waals surface area contributed by atoms with Crippen LogP contribution in [0.3, 0.4) is 0 Å². The molecule has 0 aliphatic carbocycles. The van der Waals surface area contributed by atoms with Crippen molar-refractivity contribution in [1.82, 2.24) is 29.4 Å². The van der Waals surface area contributed by atoms with Gasteiger partial charge in [-0.15, -0.1) is 0 Å². The van der Waals surface area contributed by atoms with Crippen LogP contribution in [0, 0.1) is 0 Å². The number of hydrogen-bond acceptors (Lipinski definition) is 5. The van der Waals surface area contributed by atoms with Crippen molar-refractivity contribution < 1.29 is 9.90 Å². The topological polar surface area (TPSA) is 118 Å². The Bertz CT molecular complexity index is 1170. The average molecular weight is 350 g/mol. The minimum absolute atomic E-state index is 0.121. The summed E-state index contributed by atoms with van der Waals surface area (Å²) < 4.78 is 2.77. The number of aromatic carboxylic acids is 1. The highest BCUT2D eigenvalue weighted by Gasteiger charge is 2.19. The van der Waals surface area contributed by atoms with E-state index in [1.807, 2.05) is 18.2 Å². The Kier molecular flexibility index (Phi) is 3.61. The van der Waals surface area contributed by atoms with Crippen molar-refractivity contribution in [3.63, 3.8) is 0 Å². The van der Waals surface area contributed by atoms with Crippen molar-refractivity contribution in [3.05, 3.63) is 64.6 Å². The zero-order valence-electron chi connectivity index (χ0n) is 13.7. The molecule has 0 spiro atoms. The van der Waals surface area contributed by atoms with Crippen molar-refractivity contribution in [2.24, 2.45) is 0 Å². The molecule has 0 aromatic carbocycles. The summed E-state index contributed by atoms with van der Waals surface area (Å²) in [7, 11) is 0. The zero-order chi connectivity index (χ0) is 18.3. The second-order valence-electron chi connectivity index (χ2n) is 5.62. The number of carbonyl (C=O) groups is 1. The monoisotopic (exact) mass is 350 g/mol. The molecule has 0 saturated heterocycles. The van der Waals surface area contributed by atoms with Gasteiger partial charge in [0.2, 0.25) is 0 Å². The molecular formula is C17H14N6O3. The molecule has 4 aromatic heterocycles. The zero-order valence-corrected chi connectivity index (χ0v) is 13.7. The summed E-state index contributed by atoms with van der Waals surface area (Å²) >= 11 is 0. The summed E-state index contributed by atoms with van der Waals surface area (Å²) in [4.78, 5) is 31.1. The molecule has 0 amide bonds. The molecule has 9 heteroatoms. The second kappa shape index (κ2) is 5.96. The van der Waals surface area contributed by atoms with E-state index in [2.05, 4.69) is 20.2 Å². The highest BCUT2D eigenvalue weighted by Crippen LogP contribution is 2.23. The van der Waals surface area contributed by atoms with E-state index in [1.54, 1.807) is 30.2 Å². The van der Waals surface area contributed by atoms with Crippen LogP contribution in [0.5, 0.6) is 0 Å². The number of pyridine rings is 1. The van der Waals surface area contributed by atoms with Crippen LogP contribution in [0.2, 0.25) is 0 Å². The van der Waals surface area contributed by atoms with E-state index in [0.29, 0.717) is 29.0 Å². The Morgan fingerprint density at radius 2 is 2.12 bits per heavy atom. The fraction of sp³-hybridized carbons (Fsp3) is 0.118. The number of rotatable bonds is 4. The molecule has 0 aliphatic rings. The first-order valence-electron chi connectivity index (χ1n) is 7.92. The number of nitrogens with one attached hydrogen (secondary N) is 1. The second-order valence-corrected chi connectivity index (χ2v) is 5.62. The summed E-state index contributed by atoms with van der Waals surface area (Å²) in [5.74, 6) is -0.541. The number of fused-ring (bicyclic) bond motifs is 1. The standard InChI is InChI=1S/C17H14N6O3/c1-2-11-14(17(25)26)21-15-12(8-20-23(15)16(11)24)10-7-19-22(9-10)13-5-3-4-6-18-13/h3-9,21H,2H2,1H3,(H,25,26). The first kappa shape index (κ1) is 15.8. The molecule has 0 saturated carbocycles. The van der Waals surface area contributed by atoms with E-state index in [4.69, 9.17) is 0 Å². The van der Waals surface area contributed by atoms with Gasteiger partial charge in [-0.25, -0.2) is 14.5 Å². The fourth-order valence-corrected chi connectivity index (χ4v) is 2.85. The van der Waals surface area contributed by atoms with Gasteiger partial charge in [-0.2, -0.15) is 14.7 Å². The first-order valence-corrected chi connectivity index (χ1v) is 7.92. The third kappa shape index (κ3) is 2.37. The van der Waals surface area contributed by atoms with Gasteiger partial charge >= 0.3 is 5.97 Å². The number of H-pyrrole nitrogens is 1. The average Bonchev–Trinajstić information content (AvgIpc) is 3.29. The van der Waals surface area contributed by atoms with Crippen molar-refractivity contribution in [2.75, 3.05) is 0 Å². The van der Waals surface area contributed by atoms with Gasteiger partial charge in [0.05, 0.1) is 18.0 Å². The molecule has 0 unspecified atom stereocenters. The molecule has 0 radical (unpaired) electrons. The van der Waals surface area contributed by atoms with Crippen LogP contribution in [-0.4, -0.2) is 40.4 Å². The molecule has 0 aliphatic heterocycles. The van der Waals surface area contributed by atoms with E-state index in [1.165, 1.54) is 10.7 Å². The molecule has 4 rings (SSSR count). The minimum atomic E-state index is -1.18. The molecule has 0 atom stereocenters. The van der Waals surface area contributed by atoms with Gasteiger partial charge in [0.1, 0.15) is 11.3 Å². The van der Waals surface area contributed by atoms with Crippen LogP contribution < -0.4 is 5.56 Å². The number of hydrogen-bond donors (Lipinski definition) is 2. The quantitative estimate of drug-likeness (QED) is 0.576. The molecule has 4 heterocycles. The van der Waals surface area contributed by atoms with Crippen molar-refractivity contribution >= 4 is 11.6 Å². The Hall–Kier alpha value is -3.75. The molecule has 0 bridgehead atoms. The highest BCUT2D eigenvalue weighted by atomic mass is 16.4. The molecule has 4 aromatic rings. The third-order valence-electron chi connectivity index (χ3n) is 4.11. The van der Waals surface area contributed by atoms with Crippen LogP contribution in [0.4, 0.5) is 0 Å². The summed E-state index contributed by atoms with van der Waals surface area (Å²) in [6, 6.07) is 5.47. The molecule has 26 heavy (non-hydrogen) atoms. The summed E-state index contributed by atoms with van der Waals surface area (Å²) in [5, 5.41) is 17.8. The first-order chi connectivity index (χ1) is 12.6. The Morgan fingerprint density at radius 1 is 1.27 bits per heavy atom. The number of aromatic amines is 1. The maximum absolute atomic E-state index is 12.5. The Balaban J connectivity index is 1.90. The Morgan fingerprint density at radius 3 is 2.81 bits per heavy atom. The predicted molar refractivity (Wildman–Crippen MR) is 92.5 cm³/mol. The van der Waals surface area contributed by atoms with E-state index >= 15 is 0 Å². The van der Waals surface area contributed by atoms with E-state index < -0.39 is 11.5 Å². The normalized spacial score (nSPS) is 11.1. The number of carboxylic acids is 1. The number of nitrogens with zero attached hydrogens (tertiary/aromatic N) is 5. The van der Waals surface area contributed by atoms with Gasteiger partial charge in [0, 0.05) is 23.5 Å². The maximum atomic E-state index is 12.5. The predicted octanol–water partition coefficient (Wildman–Crippen LogP) is 1.53. The lowest BCUT2D eigenvalue weighted by Crippen LogP contribution is -2.24. The van der Waals surface area contributed by atoms with Crippen molar-refractivity contribution in [3.8, 4) is 16.9 Å². The molecule has 2 N–H and O–H groups in total. The van der Waals surface area contributed by atoms with Gasteiger partial charge in [-0.05, 0) is 18.6 Å². The smallest absolute Gasteiger partial charge is 0.352 e. The van der Waals surface area contributed by atoms with Gasteiger partial charge < -0.3 is 10.1 Å². The molecule has 9 nitrogen and oxygen atoms in total. The number of carboxylic acid groups (broad SMARTS) is 1.